The van der Waals surface area contributed by atoms with Gasteiger partial charge in [-0.1, -0.05) is 0 Å². The number of hydrogen-bond acceptors (Lipinski definition) is 3. The molecule has 0 saturated carbocycles. The van der Waals surface area contributed by atoms with E-state index < -0.39 is 5.60 Å². The molecule has 1 aromatic rings. The van der Waals surface area contributed by atoms with E-state index in [1.54, 1.807) is 10.4 Å². The highest BCUT2D eigenvalue weighted by Crippen LogP contribution is 2.34. The Morgan fingerprint density at radius 2 is 2.12 bits per heavy atom. The summed E-state index contributed by atoms with van der Waals surface area (Å²) < 4.78 is 0. The van der Waals surface area contributed by atoms with Crippen molar-refractivity contribution in [3.05, 3.63) is 21.4 Å². The molecule has 0 unspecified atom stereocenters. The van der Waals surface area contributed by atoms with E-state index in [9.17, 15) is 5.11 Å². The molecular formula is C13H19NOS. The molecule has 0 radical (unpaired) electrons. The first-order valence-electron chi connectivity index (χ1n) is 6.29. The Labute approximate surface area is 101 Å². The van der Waals surface area contributed by atoms with Crippen molar-refractivity contribution < 1.29 is 5.11 Å². The van der Waals surface area contributed by atoms with E-state index in [1.165, 1.54) is 24.1 Å². The van der Waals surface area contributed by atoms with Crippen molar-refractivity contribution in [3.8, 4) is 0 Å². The quantitative estimate of drug-likeness (QED) is 0.823. The van der Waals surface area contributed by atoms with E-state index in [0.29, 0.717) is 0 Å². The van der Waals surface area contributed by atoms with Crippen LogP contribution in [0.2, 0.25) is 0 Å². The van der Waals surface area contributed by atoms with Crippen molar-refractivity contribution in [2.24, 2.45) is 0 Å². The van der Waals surface area contributed by atoms with Gasteiger partial charge in [-0.25, -0.2) is 0 Å². The number of aliphatic hydroxyl groups is 1. The number of nitrogens with one attached hydrogen (secondary N) is 1. The number of rotatable bonds is 2. The normalized spacial score (nSPS) is 23.3. The zero-order chi connectivity index (χ0) is 11.0. The van der Waals surface area contributed by atoms with E-state index in [2.05, 4.69) is 11.4 Å². The molecule has 2 aliphatic rings. The maximum Gasteiger partial charge on any atom is 0.0720 e. The Balaban J connectivity index is 1.73. The van der Waals surface area contributed by atoms with Crippen LogP contribution in [0.3, 0.4) is 0 Å². The van der Waals surface area contributed by atoms with Gasteiger partial charge in [0.25, 0.3) is 0 Å². The molecule has 1 aromatic heterocycles. The van der Waals surface area contributed by atoms with Crippen molar-refractivity contribution in [2.45, 2.75) is 44.1 Å². The van der Waals surface area contributed by atoms with Crippen LogP contribution in [0.4, 0.5) is 0 Å². The molecule has 1 saturated heterocycles. The molecule has 2 heterocycles. The lowest BCUT2D eigenvalue weighted by Crippen LogP contribution is -2.43. The summed E-state index contributed by atoms with van der Waals surface area (Å²) in [5.74, 6) is 0. The molecule has 0 amide bonds. The minimum Gasteiger partial charge on any atom is -0.389 e. The predicted octanol–water partition coefficient (Wildman–Crippen LogP) is 1.89. The first kappa shape index (κ1) is 10.8. The molecule has 2 N–H and O–H groups in total. The highest BCUT2D eigenvalue weighted by molar-refractivity contribution is 7.12. The van der Waals surface area contributed by atoms with E-state index in [4.69, 9.17) is 0 Å². The van der Waals surface area contributed by atoms with Crippen LogP contribution in [-0.4, -0.2) is 23.8 Å². The Bertz CT molecular complexity index is 358. The van der Waals surface area contributed by atoms with Gasteiger partial charge < -0.3 is 10.4 Å². The summed E-state index contributed by atoms with van der Waals surface area (Å²) in [6.07, 6.45) is 6.51. The third-order valence-corrected chi connectivity index (χ3v) is 5.07. The second kappa shape index (κ2) is 4.13. The number of fused-ring (bicyclic) bond motifs is 1. The van der Waals surface area contributed by atoms with Gasteiger partial charge in [-0.15, -0.1) is 11.3 Å². The average Bonchev–Trinajstić information content (AvgIpc) is 2.78. The molecule has 0 aromatic carbocycles. The van der Waals surface area contributed by atoms with Crippen LogP contribution in [0.15, 0.2) is 6.07 Å². The monoisotopic (exact) mass is 237 g/mol. The summed E-state index contributed by atoms with van der Waals surface area (Å²) in [5.41, 5.74) is 1.11. The largest absolute Gasteiger partial charge is 0.389 e. The van der Waals surface area contributed by atoms with Gasteiger partial charge in [0.1, 0.15) is 0 Å². The second-order valence-electron chi connectivity index (χ2n) is 5.17. The highest BCUT2D eigenvalue weighted by Gasteiger charge is 2.30. The summed E-state index contributed by atoms with van der Waals surface area (Å²) in [7, 11) is 0. The number of thiophene rings is 1. The van der Waals surface area contributed by atoms with Crippen molar-refractivity contribution in [2.75, 3.05) is 13.1 Å². The van der Waals surface area contributed by atoms with Gasteiger partial charge in [-0.3, -0.25) is 0 Å². The lowest BCUT2D eigenvalue weighted by molar-refractivity contribution is 0.0116. The number of aryl methyl sites for hydroxylation is 2. The second-order valence-corrected chi connectivity index (χ2v) is 6.39. The topological polar surface area (TPSA) is 32.3 Å². The number of hydrogen-bond donors (Lipinski definition) is 2. The molecule has 3 rings (SSSR count). The van der Waals surface area contributed by atoms with Crippen LogP contribution in [0, 0.1) is 0 Å². The van der Waals surface area contributed by atoms with Crippen LogP contribution in [0.25, 0.3) is 0 Å². The molecule has 1 aliphatic carbocycles. The fourth-order valence-corrected chi connectivity index (χ4v) is 4.27. The molecule has 0 atom stereocenters. The van der Waals surface area contributed by atoms with Crippen molar-refractivity contribution in [1.82, 2.24) is 5.32 Å². The van der Waals surface area contributed by atoms with E-state index in [0.717, 1.165) is 32.4 Å². The minimum atomic E-state index is -0.441. The minimum absolute atomic E-state index is 0.441. The van der Waals surface area contributed by atoms with Crippen LogP contribution in [-0.2, 0) is 19.3 Å². The first-order chi connectivity index (χ1) is 7.75. The third-order valence-electron chi connectivity index (χ3n) is 3.84. The molecule has 16 heavy (non-hydrogen) atoms. The predicted molar refractivity (Wildman–Crippen MR) is 67.1 cm³/mol. The number of piperidine rings is 1. The molecule has 0 bridgehead atoms. The lowest BCUT2D eigenvalue weighted by Gasteiger charge is -2.32. The SMILES string of the molecule is OC1(Cc2cc3c(s2)CCC3)CCNCC1. The van der Waals surface area contributed by atoms with Gasteiger partial charge >= 0.3 is 0 Å². The van der Waals surface area contributed by atoms with E-state index >= 15 is 0 Å². The van der Waals surface area contributed by atoms with Gasteiger partial charge in [-0.2, -0.15) is 0 Å². The zero-order valence-corrected chi connectivity index (χ0v) is 10.4. The van der Waals surface area contributed by atoms with Crippen LogP contribution in [0.5, 0.6) is 0 Å². The molecular weight excluding hydrogens is 218 g/mol. The van der Waals surface area contributed by atoms with Crippen LogP contribution >= 0.6 is 11.3 Å². The van der Waals surface area contributed by atoms with Crippen LogP contribution < -0.4 is 5.32 Å². The lowest BCUT2D eigenvalue weighted by atomic mass is 9.88. The Morgan fingerprint density at radius 1 is 1.31 bits per heavy atom. The third kappa shape index (κ3) is 2.04. The average molecular weight is 237 g/mol. The molecule has 1 aliphatic heterocycles. The molecule has 88 valence electrons. The van der Waals surface area contributed by atoms with Crippen molar-refractivity contribution in [3.63, 3.8) is 0 Å². The molecule has 1 fully saturated rings. The maximum absolute atomic E-state index is 10.5. The van der Waals surface area contributed by atoms with Gasteiger partial charge in [-0.05, 0) is 56.8 Å². The summed E-state index contributed by atoms with van der Waals surface area (Å²) in [4.78, 5) is 2.97. The van der Waals surface area contributed by atoms with Gasteiger partial charge in [0.05, 0.1) is 5.60 Å². The van der Waals surface area contributed by atoms with Crippen LogP contribution in [0.1, 0.15) is 34.6 Å². The summed E-state index contributed by atoms with van der Waals surface area (Å²) in [6, 6.07) is 2.34. The fraction of sp³-hybridized carbons (Fsp3) is 0.692. The highest BCUT2D eigenvalue weighted by atomic mass is 32.1. The molecule has 0 spiro atoms. The molecule has 2 nitrogen and oxygen atoms in total. The summed E-state index contributed by atoms with van der Waals surface area (Å²) in [5, 5.41) is 13.8. The van der Waals surface area contributed by atoms with Gasteiger partial charge in [0, 0.05) is 16.2 Å². The van der Waals surface area contributed by atoms with E-state index in [-0.39, 0.29) is 0 Å². The summed E-state index contributed by atoms with van der Waals surface area (Å²) in [6.45, 7) is 1.92. The Hall–Kier alpha value is -0.380. The zero-order valence-electron chi connectivity index (χ0n) is 9.59. The van der Waals surface area contributed by atoms with Gasteiger partial charge in [0.15, 0.2) is 0 Å². The molecule has 3 heteroatoms. The first-order valence-corrected chi connectivity index (χ1v) is 7.10. The Morgan fingerprint density at radius 3 is 2.88 bits per heavy atom. The van der Waals surface area contributed by atoms with Crippen molar-refractivity contribution in [1.29, 1.82) is 0 Å². The van der Waals surface area contributed by atoms with E-state index in [1.807, 2.05) is 11.3 Å². The van der Waals surface area contributed by atoms with Crippen molar-refractivity contribution >= 4 is 11.3 Å². The maximum atomic E-state index is 10.5. The smallest absolute Gasteiger partial charge is 0.0720 e. The fourth-order valence-electron chi connectivity index (χ4n) is 2.87. The Kier molecular flexibility index (Phi) is 2.78. The standard InChI is InChI=1S/C13H19NOS/c15-13(4-6-14-7-5-13)9-11-8-10-2-1-3-12(10)16-11/h8,14-15H,1-7,9H2. The summed E-state index contributed by atoms with van der Waals surface area (Å²) >= 11 is 1.93. The van der Waals surface area contributed by atoms with Gasteiger partial charge in [0.2, 0.25) is 0 Å².